The first kappa shape index (κ1) is 14.0. The molecule has 19 heavy (non-hydrogen) atoms. The van der Waals surface area contributed by atoms with Crippen LogP contribution in [0.25, 0.3) is 0 Å². The van der Waals surface area contributed by atoms with Crippen LogP contribution >= 0.6 is 11.3 Å². The predicted molar refractivity (Wildman–Crippen MR) is 77.4 cm³/mol. The topological polar surface area (TPSA) is 64.9 Å². The average Bonchev–Trinajstić information content (AvgIpc) is 2.62. The first-order chi connectivity index (χ1) is 9.13. The van der Waals surface area contributed by atoms with Gasteiger partial charge in [-0.2, -0.15) is 5.26 Å². The number of carbonyl (C=O) groups excluding carboxylic acids is 1. The summed E-state index contributed by atoms with van der Waals surface area (Å²) in [4.78, 5) is 13.3. The molecule has 0 aromatic carbocycles. The molecule has 0 spiro atoms. The van der Waals surface area contributed by atoms with Gasteiger partial charge in [0.2, 0.25) is 5.91 Å². The van der Waals surface area contributed by atoms with Gasteiger partial charge >= 0.3 is 0 Å². The molecule has 2 N–H and O–H groups in total. The first-order valence-corrected chi connectivity index (χ1v) is 7.49. The van der Waals surface area contributed by atoms with Crippen molar-refractivity contribution < 1.29 is 4.79 Å². The molecule has 1 fully saturated rings. The number of nitrogens with one attached hydrogen (secondary N) is 2. The molecule has 1 amide bonds. The maximum absolute atomic E-state index is 12.2. The fraction of sp³-hybridized carbons (Fsp3) is 0.571. The summed E-state index contributed by atoms with van der Waals surface area (Å²) in [6, 6.07) is 2.05. The predicted octanol–water partition coefficient (Wildman–Crippen LogP) is 2.71. The number of thiophene rings is 1. The number of rotatable bonds is 2. The Morgan fingerprint density at radius 3 is 2.95 bits per heavy atom. The Balaban J connectivity index is 2.10. The average molecular weight is 277 g/mol. The van der Waals surface area contributed by atoms with Crippen LogP contribution in [0.2, 0.25) is 0 Å². The van der Waals surface area contributed by atoms with Crippen LogP contribution in [0.5, 0.6) is 0 Å². The van der Waals surface area contributed by atoms with Crippen molar-refractivity contribution in [1.29, 1.82) is 5.26 Å². The van der Waals surface area contributed by atoms with Gasteiger partial charge in [-0.25, -0.2) is 0 Å². The molecule has 0 aliphatic carbocycles. The number of nitriles is 1. The van der Waals surface area contributed by atoms with Gasteiger partial charge in [0.25, 0.3) is 0 Å². The van der Waals surface area contributed by atoms with Crippen molar-refractivity contribution in [2.75, 3.05) is 11.9 Å². The molecule has 0 radical (unpaired) electrons. The third-order valence-corrected chi connectivity index (χ3v) is 4.73. The summed E-state index contributed by atoms with van der Waals surface area (Å²) >= 11 is 1.48. The zero-order valence-corrected chi connectivity index (χ0v) is 12.2. The van der Waals surface area contributed by atoms with Crippen LogP contribution in [0.3, 0.4) is 0 Å². The van der Waals surface area contributed by atoms with Gasteiger partial charge in [0, 0.05) is 4.88 Å². The van der Waals surface area contributed by atoms with Gasteiger partial charge in [-0.3, -0.25) is 4.79 Å². The van der Waals surface area contributed by atoms with E-state index >= 15 is 0 Å². The van der Waals surface area contributed by atoms with E-state index in [4.69, 9.17) is 0 Å². The van der Waals surface area contributed by atoms with Crippen molar-refractivity contribution in [3.05, 3.63) is 16.0 Å². The zero-order chi connectivity index (χ0) is 13.8. The minimum absolute atomic E-state index is 0.0142. The molecule has 1 atom stereocenters. The van der Waals surface area contributed by atoms with Crippen molar-refractivity contribution in [3.63, 3.8) is 0 Å². The van der Waals surface area contributed by atoms with Crippen LogP contribution in [0, 0.1) is 25.2 Å². The quantitative estimate of drug-likeness (QED) is 0.873. The standard InChI is InChI=1S/C14H19N3OS/c1-9-10(2)19-14(11(9)8-15)17-13(18)12-6-4-3-5-7-16-12/h12,16H,3-7H2,1-2H3,(H,17,18). The number of hydrogen-bond acceptors (Lipinski definition) is 4. The highest BCUT2D eigenvalue weighted by Crippen LogP contribution is 2.31. The lowest BCUT2D eigenvalue weighted by molar-refractivity contribution is -0.118. The summed E-state index contributed by atoms with van der Waals surface area (Å²) in [5.74, 6) is -0.0142. The number of carbonyl (C=O) groups is 1. The van der Waals surface area contributed by atoms with E-state index in [1.54, 1.807) is 0 Å². The lowest BCUT2D eigenvalue weighted by Gasteiger charge is -2.14. The SMILES string of the molecule is Cc1sc(NC(=O)C2CCCCCN2)c(C#N)c1C. The van der Waals surface area contributed by atoms with Crippen molar-refractivity contribution in [2.24, 2.45) is 0 Å². The second kappa shape index (κ2) is 6.18. The molecule has 1 unspecified atom stereocenters. The molecule has 2 heterocycles. The van der Waals surface area contributed by atoms with E-state index in [0.29, 0.717) is 10.6 Å². The van der Waals surface area contributed by atoms with Crippen LogP contribution in [-0.4, -0.2) is 18.5 Å². The normalized spacial score (nSPS) is 19.5. The lowest BCUT2D eigenvalue weighted by Crippen LogP contribution is -2.39. The Morgan fingerprint density at radius 1 is 1.42 bits per heavy atom. The maximum atomic E-state index is 12.2. The highest BCUT2D eigenvalue weighted by Gasteiger charge is 2.22. The number of anilines is 1. The largest absolute Gasteiger partial charge is 0.315 e. The second-order valence-electron chi connectivity index (χ2n) is 4.94. The van der Waals surface area contributed by atoms with Gasteiger partial charge in [-0.1, -0.05) is 12.8 Å². The van der Waals surface area contributed by atoms with Crippen molar-refractivity contribution in [1.82, 2.24) is 5.32 Å². The van der Waals surface area contributed by atoms with E-state index in [-0.39, 0.29) is 11.9 Å². The number of aryl methyl sites for hydroxylation is 1. The van der Waals surface area contributed by atoms with Crippen LogP contribution in [0.1, 0.15) is 41.7 Å². The molecular weight excluding hydrogens is 258 g/mol. The molecule has 0 saturated carbocycles. The Kier molecular flexibility index (Phi) is 4.56. The van der Waals surface area contributed by atoms with Crippen molar-refractivity contribution >= 4 is 22.2 Å². The Hall–Kier alpha value is -1.38. The van der Waals surface area contributed by atoms with E-state index in [9.17, 15) is 10.1 Å². The van der Waals surface area contributed by atoms with Crippen LogP contribution in [0.15, 0.2) is 0 Å². The van der Waals surface area contributed by atoms with E-state index < -0.39 is 0 Å². The number of amides is 1. The molecule has 1 saturated heterocycles. The minimum atomic E-state index is -0.128. The summed E-state index contributed by atoms with van der Waals surface area (Å²) < 4.78 is 0. The van der Waals surface area contributed by atoms with E-state index in [1.807, 2.05) is 13.8 Å². The van der Waals surface area contributed by atoms with Gasteiger partial charge in [0.05, 0.1) is 11.6 Å². The van der Waals surface area contributed by atoms with Crippen LogP contribution < -0.4 is 10.6 Å². The smallest absolute Gasteiger partial charge is 0.242 e. The molecule has 1 aromatic heterocycles. The highest BCUT2D eigenvalue weighted by atomic mass is 32.1. The van der Waals surface area contributed by atoms with E-state index in [0.717, 1.165) is 36.2 Å². The van der Waals surface area contributed by atoms with Crippen molar-refractivity contribution in [3.8, 4) is 6.07 Å². The summed E-state index contributed by atoms with van der Waals surface area (Å²) in [6.07, 6.45) is 4.26. The fourth-order valence-corrected chi connectivity index (χ4v) is 3.31. The Bertz CT molecular complexity index is 507. The maximum Gasteiger partial charge on any atom is 0.242 e. The first-order valence-electron chi connectivity index (χ1n) is 6.68. The third kappa shape index (κ3) is 3.14. The zero-order valence-electron chi connectivity index (χ0n) is 11.4. The minimum Gasteiger partial charge on any atom is -0.315 e. The van der Waals surface area contributed by atoms with Crippen molar-refractivity contribution in [2.45, 2.75) is 45.6 Å². The van der Waals surface area contributed by atoms with Gasteiger partial charge in [0.15, 0.2) is 0 Å². The lowest BCUT2D eigenvalue weighted by atomic mass is 10.1. The molecule has 1 aromatic rings. The number of hydrogen-bond donors (Lipinski definition) is 2. The monoisotopic (exact) mass is 277 g/mol. The van der Waals surface area contributed by atoms with Crippen LogP contribution in [-0.2, 0) is 4.79 Å². The Morgan fingerprint density at radius 2 is 2.21 bits per heavy atom. The van der Waals surface area contributed by atoms with Gasteiger partial charge in [-0.15, -0.1) is 11.3 Å². The summed E-state index contributed by atoms with van der Waals surface area (Å²) in [7, 11) is 0. The summed E-state index contributed by atoms with van der Waals surface area (Å²) in [6.45, 7) is 4.79. The van der Waals surface area contributed by atoms with Crippen LogP contribution in [0.4, 0.5) is 5.00 Å². The van der Waals surface area contributed by atoms with E-state index in [2.05, 4.69) is 16.7 Å². The Labute approximate surface area is 117 Å². The van der Waals surface area contributed by atoms with E-state index in [1.165, 1.54) is 17.8 Å². The summed E-state index contributed by atoms with van der Waals surface area (Å²) in [5.41, 5.74) is 1.57. The molecule has 4 nitrogen and oxygen atoms in total. The molecule has 5 heteroatoms. The fourth-order valence-electron chi connectivity index (χ4n) is 2.30. The molecule has 2 rings (SSSR count). The molecule has 0 bridgehead atoms. The number of nitrogens with zero attached hydrogens (tertiary/aromatic N) is 1. The van der Waals surface area contributed by atoms with Gasteiger partial charge < -0.3 is 10.6 Å². The molecular formula is C14H19N3OS. The summed E-state index contributed by atoms with van der Waals surface area (Å²) in [5, 5.41) is 16.0. The molecule has 102 valence electrons. The molecule has 1 aliphatic heterocycles. The van der Waals surface area contributed by atoms with Gasteiger partial charge in [0.1, 0.15) is 11.1 Å². The third-order valence-electron chi connectivity index (χ3n) is 3.61. The van der Waals surface area contributed by atoms with Gasteiger partial charge in [-0.05, 0) is 38.8 Å². The molecule has 1 aliphatic rings. The highest BCUT2D eigenvalue weighted by molar-refractivity contribution is 7.16. The second-order valence-corrected chi connectivity index (χ2v) is 6.17.